The van der Waals surface area contributed by atoms with E-state index in [2.05, 4.69) is 38.5 Å². The molecule has 1 aromatic heterocycles. The van der Waals surface area contributed by atoms with Gasteiger partial charge < -0.3 is 10.6 Å². The van der Waals surface area contributed by atoms with Gasteiger partial charge in [0.25, 0.3) is 5.91 Å². The largest absolute Gasteiger partial charge is 0.372 e. The fourth-order valence-electron chi connectivity index (χ4n) is 2.16. The number of anilines is 1. The quantitative estimate of drug-likeness (QED) is 0.899. The fraction of sp³-hybridized carbons (Fsp3) is 0.538. The molecule has 0 unspecified atom stereocenters. The Hall–Kier alpha value is -1.10. The molecule has 1 heterocycles. The van der Waals surface area contributed by atoms with Crippen LogP contribution in [0.5, 0.6) is 0 Å². The van der Waals surface area contributed by atoms with Gasteiger partial charge in [-0.25, -0.2) is 4.98 Å². The summed E-state index contributed by atoms with van der Waals surface area (Å²) in [4.78, 5) is 16.3. The van der Waals surface area contributed by atoms with E-state index in [0.29, 0.717) is 11.4 Å². The Balaban J connectivity index is 2.05. The second-order valence-corrected chi connectivity index (χ2v) is 6.06. The number of aromatic nitrogens is 1. The minimum Gasteiger partial charge on any atom is -0.372 e. The molecule has 1 fully saturated rings. The second-order valence-electron chi connectivity index (χ2n) is 5.15. The number of hydrogen-bond donors (Lipinski definition) is 2. The molecule has 0 saturated heterocycles. The maximum Gasteiger partial charge on any atom is 0.255 e. The van der Waals surface area contributed by atoms with Crippen molar-refractivity contribution in [2.24, 2.45) is 5.41 Å². The zero-order valence-corrected chi connectivity index (χ0v) is 12.3. The Labute approximate surface area is 116 Å². The molecule has 0 radical (unpaired) electrons. The molecule has 98 valence electrons. The van der Waals surface area contributed by atoms with Crippen molar-refractivity contribution in [2.45, 2.75) is 26.2 Å². The number of carbonyl (C=O) groups is 1. The molecule has 2 rings (SSSR count). The van der Waals surface area contributed by atoms with Crippen molar-refractivity contribution in [3.63, 3.8) is 0 Å². The van der Waals surface area contributed by atoms with Gasteiger partial charge in [0.05, 0.1) is 5.56 Å². The van der Waals surface area contributed by atoms with Crippen LogP contribution in [0.2, 0.25) is 0 Å². The lowest BCUT2D eigenvalue weighted by Crippen LogP contribution is -2.40. The average Bonchev–Trinajstić information content (AvgIpc) is 2.33. The number of hydrogen-bond acceptors (Lipinski definition) is 3. The molecule has 1 aromatic rings. The third-order valence-electron chi connectivity index (χ3n) is 3.57. The third kappa shape index (κ3) is 2.83. The van der Waals surface area contributed by atoms with Gasteiger partial charge in [-0.3, -0.25) is 4.79 Å². The molecule has 0 aliphatic heterocycles. The van der Waals surface area contributed by atoms with Crippen LogP contribution in [0.4, 0.5) is 5.82 Å². The fourth-order valence-corrected chi connectivity index (χ4v) is 2.49. The zero-order chi connectivity index (χ0) is 13.2. The highest BCUT2D eigenvalue weighted by Gasteiger charge is 2.32. The first-order valence-corrected chi connectivity index (χ1v) is 6.95. The maximum absolute atomic E-state index is 12.2. The lowest BCUT2D eigenvalue weighted by atomic mass is 9.70. The molecule has 0 aromatic carbocycles. The van der Waals surface area contributed by atoms with E-state index in [1.165, 1.54) is 19.3 Å². The Morgan fingerprint density at radius 3 is 2.83 bits per heavy atom. The lowest BCUT2D eigenvalue weighted by Gasteiger charge is -2.38. The maximum atomic E-state index is 12.2. The molecule has 5 heteroatoms. The summed E-state index contributed by atoms with van der Waals surface area (Å²) in [7, 11) is 1.76. The van der Waals surface area contributed by atoms with Gasteiger partial charge in [0, 0.05) is 24.3 Å². The Kier molecular flexibility index (Phi) is 3.90. The first-order chi connectivity index (χ1) is 8.54. The number of halogens is 1. The van der Waals surface area contributed by atoms with Crippen molar-refractivity contribution < 1.29 is 4.79 Å². The molecule has 1 aliphatic carbocycles. The number of rotatable bonds is 4. The number of nitrogens with zero attached hydrogens (tertiary/aromatic N) is 1. The van der Waals surface area contributed by atoms with Crippen LogP contribution in [-0.2, 0) is 0 Å². The Morgan fingerprint density at radius 2 is 2.28 bits per heavy atom. The van der Waals surface area contributed by atoms with Crippen LogP contribution >= 0.6 is 15.9 Å². The molecule has 0 bridgehead atoms. The topological polar surface area (TPSA) is 54.0 Å². The minimum absolute atomic E-state index is 0.0683. The van der Waals surface area contributed by atoms with Gasteiger partial charge in [-0.1, -0.05) is 13.3 Å². The van der Waals surface area contributed by atoms with Crippen molar-refractivity contribution >= 4 is 27.7 Å². The Bertz CT molecular complexity index is 458. The van der Waals surface area contributed by atoms with E-state index in [1.54, 1.807) is 19.3 Å². The molecule has 2 N–H and O–H groups in total. The van der Waals surface area contributed by atoms with E-state index >= 15 is 0 Å². The van der Waals surface area contributed by atoms with Crippen molar-refractivity contribution in [2.75, 3.05) is 18.9 Å². The van der Waals surface area contributed by atoms with Crippen LogP contribution in [-0.4, -0.2) is 24.5 Å². The average molecular weight is 312 g/mol. The zero-order valence-electron chi connectivity index (χ0n) is 10.7. The smallest absolute Gasteiger partial charge is 0.255 e. The summed E-state index contributed by atoms with van der Waals surface area (Å²) in [6.07, 6.45) is 5.34. The number of pyridine rings is 1. The molecule has 1 aliphatic rings. The molecule has 0 spiro atoms. The van der Waals surface area contributed by atoms with E-state index < -0.39 is 0 Å². The Morgan fingerprint density at radius 1 is 1.56 bits per heavy atom. The van der Waals surface area contributed by atoms with Crippen molar-refractivity contribution in [3.05, 3.63) is 22.3 Å². The van der Waals surface area contributed by atoms with E-state index in [1.807, 2.05) is 0 Å². The number of amides is 1. The van der Waals surface area contributed by atoms with Gasteiger partial charge in [-0.15, -0.1) is 0 Å². The van der Waals surface area contributed by atoms with Crippen LogP contribution in [0.15, 0.2) is 16.7 Å². The molecule has 1 saturated carbocycles. The van der Waals surface area contributed by atoms with Crippen molar-refractivity contribution in [1.82, 2.24) is 10.3 Å². The summed E-state index contributed by atoms with van der Waals surface area (Å²) in [5.74, 6) is 0.538. The molecule has 0 atom stereocenters. The molecule has 4 nitrogen and oxygen atoms in total. The first kappa shape index (κ1) is 13.3. The predicted molar refractivity (Wildman–Crippen MR) is 75.8 cm³/mol. The number of nitrogens with one attached hydrogen (secondary N) is 2. The molecule has 1 amide bonds. The standard InChI is InChI=1S/C13H18BrN3O/c1-13(4-3-5-13)8-17-12(18)10-6-9(14)7-16-11(10)15-2/h6-7H,3-5,8H2,1-2H3,(H,15,16)(H,17,18). The van der Waals surface area contributed by atoms with Gasteiger partial charge in [-0.2, -0.15) is 0 Å². The van der Waals surface area contributed by atoms with Crippen LogP contribution in [0.25, 0.3) is 0 Å². The van der Waals surface area contributed by atoms with Gasteiger partial charge in [0.15, 0.2) is 0 Å². The highest BCUT2D eigenvalue weighted by molar-refractivity contribution is 9.10. The van der Waals surface area contributed by atoms with Crippen LogP contribution in [0, 0.1) is 5.41 Å². The predicted octanol–water partition coefficient (Wildman–Crippen LogP) is 2.81. The van der Waals surface area contributed by atoms with Crippen LogP contribution in [0.1, 0.15) is 36.5 Å². The van der Waals surface area contributed by atoms with Crippen LogP contribution in [0.3, 0.4) is 0 Å². The van der Waals surface area contributed by atoms with Crippen molar-refractivity contribution in [1.29, 1.82) is 0 Å². The summed E-state index contributed by atoms with van der Waals surface area (Å²) >= 11 is 3.34. The molecular weight excluding hydrogens is 294 g/mol. The summed E-state index contributed by atoms with van der Waals surface area (Å²) < 4.78 is 0.807. The molecular formula is C13H18BrN3O. The van der Waals surface area contributed by atoms with E-state index in [0.717, 1.165) is 11.0 Å². The summed E-state index contributed by atoms with van der Waals surface area (Å²) in [6.45, 7) is 2.95. The molecule has 18 heavy (non-hydrogen) atoms. The van der Waals surface area contributed by atoms with E-state index in [-0.39, 0.29) is 11.3 Å². The van der Waals surface area contributed by atoms with Gasteiger partial charge in [-0.05, 0) is 40.3 Å². The monoisotopic (exact) mass is 311 g/mol. The van der Waals surface area contributed by atoms with E-state index in [9.17, 15) is 4.79 Å². The van der Waals surface area contributed by atoms with Gasteiger partial charge in [0.1, 0.15) is 5.82 Å². The van der Waals surface area contributed by atoms with E-state index in [4.69, 9.17) is 0 Å². The third-order valence-corrected chi connectivity index (χ3v) is 4.01. The number of carbonyl (C=O) groups excluding carboxylic acids is 1. The highest BCUT2D eigenvalue weighted by atomic mass is 79.9. The second kappa shape index (κ2) is 5.26. The summed E-state index contributed by atoms with van der Waals surface area (Å²) in [5, 5.41) is 5.94. The SMILES string of the molecule is CNc1ncc(Br)cc1C(=O)NCC1(C)CCC1. The highest BCUT2D eigenvalue weighted by Crippen LogP contribution is 2.39. The lowest BCUT2D eigenvalue weighted by molar-refractivity contribution is 0.0891. The summed E-state index contributed by atoms with van der Waals surface area (Å²) in [6, 6.07) is 1.79. The van der Waals surface area contributed by atoms with Crippen molar-refractivity contribution in [3.8, 4) is 0 Å². The minimum atomic E-state index is -0.0683. The first-order valence-electron chi connectivity index (χ1n) is 6.16. The van der Waals surface area contributed by atoms with Gasteiger partial charge >= 0.3 is 0 Å². The summed E-state index contributed by atoms with van der Waals surface area (Å²) in [5.41, 5.74) is 0.865. The normalized spacial score (nSPS) is 16.8. The van der Waals surface area contributed by atoms with Crippen LogP contribution < -0.4 is 10.6 Å². The van der Waals surface area contributed by atoms with Gasteiger partial charge in [0.2, 0.25) is 0 Å².